The van der Waals surface area contributed by atoms with Crippen LogP contribution in [0.5, 0.6) is 0 Å². The van der Waals surface area contributed by atoms with Crippen molar-refractivity contribution in [3.05, 3.63) is 146 Å². The zero-order chi connectivity index (χ0) is 31.7. The van der Waals surface area contributed by atoms with E-state index in [0.29, 0.717) is 0 Å². The van der Waals surface area contributed by atoms with Crippen LogP contribution in [-0.4, -0.2) is 29.9 Å². The van der Waals surface area contributed by atoms with Crippen molar-refractivity contribution in [2.75, 3.05) is 0 Å². The van der Waals surface area contributed by atoms with Crippen LogP contribution >= 0.6 is 29.1 Å². The summed E-state index contributed by atoms with van der Waals surface area (Å²) in [7, 11) is 14.8. The summed E-state index contributed by atoms with van der Waals surface area (Å²) < 4.78 is 0. The standard InChI is InChI=1S/3C12H8N2.3ClH.Ru/c3*1-3-9-5-6-10-4-2-8-14-12(10)11(9)13-7-1;;;;/h3*1-8H;3*1H;/q;;;;;;+2/p-3. The smallest absolute Gasteiger partial charge is 0.0964 e. The summed E-state index contributed by atoms with van der Waals surface area (Å²) in [6.45, 7) is 0. The van der Waals surface area contributed by atoms with Gasteiger partial charge in [-0.05, 0) is 36.4 Å². The summed E-state index contributed by atoms with van der Waals surface area (Å²) in [5, 5.41) is 6.83. The normalized spacial score (nSPS) is 10.9. The molecule has 6 heterocycles. The van der Waals surface area contributed by atoms with Crippen molar-refractivity contribution in [3.63, 3.8) is 0 Å². The van der Waals surface area contributed by atoms with E-state index < -0.39 is 13.0 Å². The Labute approximate surface area is 282 Å². The summed E-state index contributed by atoms with van der Waals surface area (Å²) >= 11 is -1.75. The van der Waals surface area contributed by atoms with E-state index in [1.807, 2.05) is 36.4 Å². The summed E-state index contributed by atoms with van der Waals surface area (Å²) in [4.78, 5) is 26.1. The summed E-state index contributed by atoms with van der Waals surface area (Å²) in [6, 6.07) is 36.4. The van der Waals surface area contributed by atoms with E-state index in [1.165, 1.54) is 0 Å². The maximum Gasteiger partial charge on any atom is 0.0964 e. The Bertz CT molecular complexity index is 1980. The van der Waals surface area contributed by atoms with E-state index in [0.717, 1.165) is 65.4 Å². The Morgan fingerprint density at radius 2 is 0.435 bits per heavy atom. The SMILES string of the molecule is [Cl][Ru-]([Cl])[Cl].c1cnc2c(c1)ccc1cccnc12.c1cnc2c(c1)ccc1cccnc12.c1cnc2c(c1)ccc1cccnc12. The molecule has 9 aromatic rings. The molecule has 0 amide bonds. The molecule has 0 fully saturated rings. The van der Waals surface area contributed by atoms with Crippen molar-refractivity contribution in [2.24, 2.45) is 0 Å². The van der Waals surface area contributed by atoms with Gasteiger partial charge in [-0.15, -0.1) is 0 Å². The molecule has 228 valence electrons. The van der Waals surface area contributed by atoms with Crippen LogP contribution in [0.1, 0.15) is 0 Å². The molecular formula is C36H24Cl3N6Ru-. The van der Waals surface area contributed by atoms with Gasteiger partial charge in [0.15, 0.2) is 0 Å². The first-order valence-electron chi connectivity index (χ1n) is 14.0. The topological polar surface area (TPSA) is 77.3 Å². The second-order valence-corrected chi connectivity index (χ2v) is 17.7. The van der Waals surface area contributed by atoms with Gasteiger partial charge in [-0.1, -0.05) is 72.8 Å². The third kappa shape index (κ3) is 7.52. The molecule has 0 aliphatic carbocycles. The summed E-state index contributed by atoms with van der Waals surface area (Å²) in [6.07, 6.45) is 10.8. The summed E-state index contributed by atoms with van der Waals surface area (Å²) in [5.74, 6) is 0. The van der Waals surface area contributed by atoms with E-state index in [1.54, 1.807) is 37.2 Å². The predicted octanol–water partition coefficient (Wildman–Crippen LogP) is 10.4. The Hall–Kier alpha value is -4.39. The molecule has 10 heteroatoms. The van der Waals surface area contributed by atoms with E-state index in [2.05, 4.69) is 103 Å². The number of hydrogen-bond acceptors (Lipinski definition) is 6. The maximum absolute atomic E-state index is 4.95. The number of pyridine rings is 6. The number of rotatable bonds is 0. The minimum Gasteiger partial charge on any atom is -0.254 e. The molecule has 0 unspecified atom stereocenters. The molecule has 0 bridgehead atoms. The van der Waals surface area contributed by atoms with Gasteiger partial charge in [0, 0.05) is 69.5 Å². The molecule has 3 aromatic carbocycles. The minimum atomic E-state index is -1.75. The predicted molar refractivity (Wildman–Crippen MR) is 189 cm³/mol. The van der Waals surface area contributed by atoms with Crippen molar-refractivity contribution in [1.82, 2.24) is 29.9 Å². The van der Waals surface area contributed by atoms with E-state index in [-0.39, 0.29) is 0 Å². The van der Waals surface area contributed by atoms with E-state index in [4.69, 9.17) is 29.1 Å². The fourth-order valence-electron chi connectivity index (χ4n) is 5.04. The van der Waals surface area contributed by atoms with Crippen molar-refractivity contribution in [2.45, 2.75) is 0 Å². The average molecular weight is 748 g/mol. The van der Waals surface area contributed by atoms with Gasteiger partial charge in [-0.25, -0.2) is 0 Å². The van der Waals surface area contributed by atoms with E-state index >= 15 is 0 Å². The van der Waals surface area contributed by atoms with Crippen LogP contribution in [0.25, 0.3) is 65.4 Å². The summed E-state index contributed by atoms with van der Waals surface area (Å²) in [5.41, 5.74) is 5.86. The molecule has 6 nitrogen and oxygen atoms in total. The molecule has 0 aliphatic rings. The Kier molecular flexibility index (Phi) is 10.5. The number of halogens is 3. The first-order valence-corrected chi connectivity index (χ1v) is 20.7. The molecule has 0 spiro atoms. The molecule has 0 N–H and O–H groups in total. The third-order valence-corrected chi connectivity index (χ3v) is 7.03. The molecule has 0 saturated heterocycles. The quantitative estimate of drug-likeness (QED) is 0.114. The third-order valence-electron chi connectivity index (χ3n) is 7.03. The molecule has 0 saturated carbocycles. The van der Waals surface area contributed by atoms with Gasteiger partial charge in [0.1, 0.15) is 0 Å². The first-order chi connectivity index (χ1) is 22.6. The van der Waals surface area contributed by atoms with Crippen LogP contribution in [0.2, 0.25) is 0 Å². The van der Waals surface area contributed by atoms with Crippen LogP contribution < -0.4 is 0 Å². The monoisotopic (exact) mass is 747 g/mol. The van der Waals surface area contributed by atoms with Crippen LogP contribution in [0, 0.1) is 0 Å². The Morgan fingerprint density at radius 1 is 0.283 bits per heavy atom. The number of benzene rings is 3. The second kappa shape index (κ2) is 15.3. The van der Waals surface area contributed by atoms with Gasteiger partial charge in [0.25, 0.3) is 0 Å². The Balaban J connectivity index is 0.000000114. The van der Waals surface area contributed by atoms with Crippen molar-refractivity contribution < 1.29 is 13.0 Å². The van der Waals surface area contributed by atoms with Crippen LogP contribution in [0.15, 0.2) is 146 Å². The fraction of sp³-hybridized carbons (Fsp3) is 0. The first kappa shape index (κ1) is 31.6. The fourth-order valence-corrected chi connectivity index (χ4v) is 5.04. The zero-order valence-corrected chi connectivity index (χ0v) is 28.0. The number of nitrogens with zero attached hydrogens (tertiary/aromatic N) is 6. The van der Waals surface area contributed by atoms with Crippen LogP contribution in [0.3, 0.4) is 0 Å². The minimum absolute atomic E-state index is 0.977. The van der Waals surface area contributed by atoms with Crippen LogP contribution in [0.4, 0.5) is 0 Å². The van der Waals surface area contributed by atoms with Crippen LogP contribution in [-0.2, 0) is 13.0 Å². The second-order valence-electron chi connectivity index (χ2n) is 9.80. The molecule has 0 radical (unpaired) electrons. The zero-order valence-electron chi connectivity index (χ0n) is 24.0. The van der Waals surface area contributed by atoms with Gasteiger partial charge in [-0.3, -0.25) is 29.9 Å². The molecule has 0 atom stereocenters. The number of fused-ring (bicyclic) bond motifs is 9. The van der Waals surface area contributed by atoms with E-state index in [9.17, 15) is 0 Å². The average Bonchev–Trinajstić information content (AvgIpc) is 3.12. The number of hydrogen-bond donors (Lipinski definition) is 0. The van der Waals surface area contributed by atoms with Crippen molar-refractivity contribution >= 4 is 94.5 Å². The molecule has 6 aromatic heterocycles. The van der Waals surface area contributed by atoms with Crippen molar-refractivity contribution in [3.8, 4) is 0 Å². The van der Waals surface area contributed by atoms with Gasteiger partial charge >= 0.3 is 42.1 Å². The maximum atomic E-state index is 4.95. The van der Waals surface area contributed by atoms with Gasteiger partial charge in [0.05, 0.1) is 33.1 Å². The molecule has 9 rings (SSSR count). The number of aromatic nitrogens is 6. The van der Waals surface area contributed by atoms with Gasteiger partial charge in [-0.2, -0.15) is 0 Å². The Morgan fingerprint density at radius 3 is 0.587 bits per heavy atom. The molecule has 46 heavy (non-hydrogen) atoms. The largest absolute Gasteiger partial charge is 0.254 e. The van der Waals surface area contributed by atoms with Crippen molar-refractivity contribution in [1.29, 1.82) is 0 Å². The van der Waals surface area contributed by atoms with Gasteiger partial charge < -0.3 is 0 Å². The van der Waals surface area contributed by atoms with Gasteiger partial charge in [0.2, 0.25) is 0 Å². The molecular weight excluding hydrogens is 724 g/mol. The molecule has 0 aliphatic heterocycles.